The van der Waals surface area contributed by atoms with Gasteiger partial charge in [0.15, 0.2) is 5.78 Å². The molecule has 0 unspecified atom stereocenters. The van der Waals surface area contributed by atoms with Gasteiger partial charge in [0, 0.05) is 22.0 Å². The maximum atomic E-state index is 11.7. The first kappa shape index (κ1) is 12.8. The molecule has 3 aromatic carbocycles. The van der Waals surface area contributed by atoms with Gasteiger partial charge in [-0.3, -0.25) is 4.79 Å². The Balaban J connectivity index is 2.13. The van der Waals surface area contributed by atoms with E-state index in [0.717, 1.165) is 22.3 Å². The zero-order chi connectivity index (χ0) is 15.1. The van der Waals surface area contributed by atoms with Crippen molar-refractivity contribution in [1.29, 1.82) is 0 Å². The van der Waals surface area contributed by atoms with E-state index >= 15 is 0 Å². The van der Waals surface area contributed by atoms with Gasteiger partial charge in [-0.2, -0.15) is 0 Å². The predicted molar refractivity (Wildman–Crippen MR) is 90.8 cm³/mol. The van der Waals surface area contributed by atoms with Crippen LogP contribution >= 0.6 is 0 Å². The fraction of sp³-hybridized carbons (Fsp3) is 0.0500. The SMILES string of the molecule is CC(=O)c1cccc(-n2c3ccccc3c3ccccc32)c1. The number of ketones is 1. The molecule has 2 nitrogen and oxygen atoms in total. The van der Waals surface area contributed by atoms with E-state index in [2.05, 4.69) is 41.0 Å². The van der Waals surface area contributed by atoms with Gasteiger partial charge in [0.1, 0.15) is 0 Å². The van der Waals surface area contributed by atoms with Gasteiger partial charge < -0.3 is 4.57 Å². The van der Waals surface area contributed by atoms with Crippen LogP contribution in [0.5, 0.6) is 0 Å². The molecule has 0 N–H and O–H groups in total. The van der Waals surface area contributed by atoms with Crippen LogP contribution < -0.4 is 0 Å². The molecule has 22 heavy (non-hydrogen) atoms. The number of hydrogen-bond acceptors (Lipinski definition) is 1. The summed E-state index contributed by atoms with van der Waals surface area (Å²) in [4.78, 5) is 11.7. The lowest BCUT2D eigenvalue weighted by molar-refractivity contribution is 0.101. The van der Waals surface area contributed by atoms with Gasteiger partial charge in [-0.05, 0) is 31.2 Å². The van der Waals surface area contributed by atoms with E-state index in [1.807, 2.05) is 36.4 Å². The number of fused-ring (bicyclic) bond motifs is 3. The van der Waals surface area contributed by atoms with Crippen molar-refractivity contribution in [3.05, 3.63) is 78.4 Å². The normalized spacial score (nSPS) is 11.1. The average molecular weight is 285 g/mol. The molecule has 1 aromatic heterocycles. The zero-order valence-corrected chi connectivity index (χ0v) is 12.3. The maximum absolute atomic E-state index is 11.7. The van der Waals surface area contributed by atoms with Crippen molar-refractivity contribution in [2.75, 3.05) is 0 Å². The first-order valence-corrected chi connectivity index (χ1v) is 7.35. The summed E-state index contributed by atoms with van der Waals surface area (Å²) in [6.45, 7) is 1.60. The third-order valence-corrected chi connectivity index (χ3v) is 4.09. The average Bonchev–Trinajstić information content (AvgIpc) is 2.89. The van der Waals surface area contributed by atoms with Crippen LogP contribution in [0.4, 0.5) is 0 Å². The van der Waals surface area contributed by atoms with Gasteiger partial charge >= 0.3 is 0 Å². The number of carbonyl (C=O) groups is 1. The molecule has 0 amide bonds. The van der Waals surface area contributed by atoms with Crippen molar-refractivity contribution in [2.45, 2.75) is 6.92 Å². The molecular formula is C20H15NO. The molecular weight excluding hydrogens is 270 g/mol. The Morgan fingerprint density at radius 3 is 1.95 bits per heavy atom. The van der Waals surface area contributed by atoms with Crippen LogP contribution in [-0.2, 0) is 0 Å². The summed E-state index contributed by atoms with van der Waals surface area (Å²) < 4.78 is 2.22. The molecule has 106 valence electrons. The van der Waals surface area contributed by atoms with Gasteiger partial charge in [-0.25, -0.2) is 0 Å². The highest BCUT2D eigenvalue weighted by atomic mass is 16.1. The molecule has 0 saturated heterocycles. The van der Waals surface area contributed by atoms with Crippen molar-refractivity contribution in [3.63, 3.8) is 0 Å². The lowest BCUT2D eigenvalue weighted by atomic mass is 10.1. The highest BCUT2D eigenvalue weighted by Crippen LogP contribution is 2.31. The predicted octanol–water partition coefficient (Wildman–Crippen LogP) is 4.99. The smallest absolute Gasteiger partial charge is 0.159 e. The summed E-state index contributed by atoms with van der Waals surface area (Å²) in [5.74, 6) is 0.0858. The van der Waals surface area contributed by atoms with Crippen LogP contribution in [-0.4, -0.2) is 10.4 Å². The number of benzene rings is 3. The molecule has 1 heterocycles. The minimum Gasteiger partial charge on any atom is -0.309 e. The minimum atomic E-state index is 0.0858. The molecule has 0 atom stereocenters. The van der Waals surface area contributed by atoms with Crippen molar-refractivity contribution in [2.24, 2.45) is 0 Å². The second kappa shape index (κ2) is 4.85. The number of nitrogens with zero attached hydrogens (tertiary/aromatic N) is 1. The molecule has 0 bridgehead atoms. The molecule has 0 saturated carbocycles. The highest BCUT2D eigenvalue weighted by Gasteiger charge is 2.11. The second-order valence-corrected chi connectivity index (χ2v) is 5.48. The third-order valence-electron chi connectivity index (χ3n) is 4.09. The summed E-state index contributed by atoms with van der Waals surface area (Å²) in [7, 11) is 0. The van der Waals surface area contributed by atoms with Gasteiger partial charge in [0.25, 0.3) is 0 Å². The number of aromatic nitrogens is 1. The summed E-state index contributed by atoms with van der Waals surface area (Å²) in [6.07, 6.45) is 0. The lowest BCUT2D eigenvalue weighted by Crippen LogP contribution is -1.97. The third kappa shape index (κ3) is 1.85. The van der Waals surface area contributed by atoms with Gasteiger partial charge in [0.2, 0.25) is 0 Å². The zero-order valence-electron chi connectivity index (χ0n) is 12.3. The Labute approximate surface area is 128 Å². The number of para-hydroxylation sites is 2. The van der Waals surface area contributed by atoms with Gasteiger partial charge in [-0.1, -0.05) is 48.5 Å². The Morgan fingerprint density at radius 2 is 1.36 bits per heavy atom. The Hall–Kier alpha value is -2.87. The van der Waals surface area contributed by atoms with Crippen molar-refractivity contribution in [1.82, 2.24) is 4.57 Å². The molecule has 0 aliphatic heterocycles. The van der Waals surface area contributed by atoms with Crippen molar-refractivity contribution in [3.8, 4) is 5.69 Å². The fourth-order valence-corrected chi connectivity index (χ4v) is 3.06. The van der Waals surface area contributed by atoms with Gasteiger partial charge in [0.05, 0.1) is 11.0 Å². The summed E-state index contributed by atoms with van der Waals surface area (Å²) in [6, 6.07) is 24.6. The van der Waals surface area contributed by atoms with Crippen LogP contribution in [0.3, 0.4) is 0 Å². The topological polar surface area (TPSA) is 22.0 Å². The molecule has 0 aliphatic carbocycles. The standard InChI is InChI=1S/C20H15NO/c1-14(22)15-7-6-8-16(13-15)21-19-11-4-2-9-17(19)18-10-3-5-12-20(18)21/h2-13H,1H3. The molecule has 0 spiro atoms. The minimum absolute atomic E-state index is 0.0858. The Morgan fingerprint density at radius 1 is 0.773 bits per heavy atom. The van der Waals surface area contributed by atoms with Crippen LogP contribution in [0.2, 0.25) is 0 Å². The molecule has 0 fully saturated rings. The summed E-state index contributed by atoms with van der Waals surface area (Å²) in [5, 5.41) is 2.46. The lowest BCUT2D eigenvalue weighted by Gasteiger charge is -2.08. The van der Waals surface area contributed by atoms with Gasteiger partial charge in [-0.15, -0.1) is 0 Å². The van der Waals surface area contributed by atoms with Crippen molar-refractivity contribution < 1.29 is 4.79 Å². The van der Waals surface area contributed by atoms with Crippen LogP contribution in [0.15, 0.2) is 72.8 Å². The van der Waals surface area contributed by atoms with Crippen LogP contribution in [0.25, 0.3) is 27.5 Å². The van der Waals surface area contributed by atoms with E-state index in [9.17, 15) is 4.79 Å². The van der Waals surface area contributed by atoms with Crippen LogP contribution in [0, 0.1) is 0 Å². The van der Waals surface area contributed by atoms with E-state index in [-0.39, 0.29) is 5.78 Å². The fourth-order valence-electron chi connectivity index (χ4n) is 3.06. The Kier molecular flexibility index (Phi) is 2.83. The molecule has 4 aromatic rings. The Bertz CT molecular complexity index is 957. The number of hydrogen-bond donors (Lipinski definition) is 0. The largest absolute Gasteiger partial charge is 0.309 e. The first-order chi connectivity index (χ1) is 10.8. The van der Waals surface area contributed by atoms with Crippen molar-refractivity contribution >= 4 is 27.6 Å². The summed E-state index contributed by atoms with van der Waals surface area (Å²) >= 11 is 0. The highest BCUT2D eigenvalue weighted by molar-refractivity contribution is 6.09. The molecule has 2 heteroatoms. The van der Waals surface area contributed by atoms with E-state index in [4.69, 9.17) is 0 Å². The second-order valence-electron chi connectivity index (χ2n) is 5.48. The maximum Gasteiger partial charge on any atom is 0.159 e. The monoisotopic (exact) mass is 285 g/mol. The van der Waals surface area contributed by atoms with E-state index in [1.165, 1.54) is 10.8 Å². The van der Waals surface area contributed by atoms with E-state index in [0.29, 0.717) is 0 Å². The number of rotatable bonds is 2. The first-order valence-electron chi connectivity index (χ1n) is 7.35. The molecule has 4 rings (SSSR count). The van der Waals surface area contributed by atoms with E-state index in [1.54, 1.807) is 6.92 Å². The number of carbonyl (C=O) groups excluding carboxylic acids is 1. The summed E-state index contributed by atoms with van der Waals surface area (Å²) in [5.41, 5.74) is 4.07. The quantitative estimate of drug-likeness (QED) is 0.476. The molecule has 0 aliphatic rings. The molecule has 0 radical (unpaired) electrons. The van der Waals surface area contributed by atoms with Crippen LogP contribution in [0.1, 0.15) is 17.3 Å². The number of Topliss-reactive ketones (excluding diaryl/α,β-unsaturated/α-hetero) is 1. The van der Waals surface area contributed by atoms with E-state index < -0.39 is 0 Å².